The van der Waals surface area contributed by atoms with E-state index in [9.17, 15) is 14.4 Å². The summed E-state index contributed by atoms with van der Waals surface area (Å²) in [5.41, 5.74) is 2.12. The zero-order valence-corrected chi connectivity index (χ0v) is 16.5. The predicted octanol–water partition coefficient (Wildman–Crippen LogP) is 3.19. The van der Waals surface area contributed by atoms with Gasteiger partial charge in [0.2, 0.25) is 0 Å². The van der Waals surface area contributed by atoms with Crippen LogP contribution in [-0.2, 0) is 20.7 Å². The zero-order chi connectivity index (χ0) is 20.0. The molecule has 0 aliphatic rings. The molecule has 27 heavy (non-hydrogen) atoms. The fraction of sp³-hybridized carbons (Fsp3) is 0.316. The molecule has 0 saturated carbocycles. The van der Waals surface area contributed by atoms with Gasteiger partial charge in [-0.05, 0) is 43.4 Å². The lowest BCUT2D eigenvalue weighted by atomic mass is 10.1. The van der Waals surface area contributed by atoms with Crippen LogP contribution in [0.25, 0.3) is 0 Å². The van der Waals surface area contributed by atoms with Gasteiger partial charge in [0.05, 0.1) is 12.7 Å². The molecule has 0 unspecified atom stereocenters. The van der Waals surface area contributed by atoms with E-state index in [1.807, 2.05) is 31.4 Å². The van der Waals surface area contributed by atoms with Crippen LogP contribution in [0.2, 0.25) is 0 Å². The van der Waals surface area contributed by atoms with Gasteiger partial charge < -0.3 is 19.8 Å². The van der Waals surface area contributed by atoms with Gasteiger partial charge in [0.25, 0.3) is 5.91 Å². The molecule has 0 spiro atoms. The van der Waals surface area contributed by atoms with Gasteiger partial charge in [0.15, 0.2) is 6.61 Å². The maximum atomic E-state index is 12.3. The third kappa shape index (κ3) is 4.91. The molecule has 1 heterocycles. The SMILES string of the molecule is CCc1[nH]c(C(=O)OCC(=O)Nc2cccc(SC)c2)c(C)c1C(=O)OC. The predicted molar refractivity (Wildman–Crippen MR) is 103 cm³/mol. The quantitative estimate of drug-likeness (QED) is 0.557. The van der Waals surface area contributed by atoms with E-state index in [2.05, 4.69) is 10.3 Å². The lowest BCUT2D eigenvalue weighted by Crippen LogP contribution is -2.21. The van der Waals surface area contributed by atoms with Crippen molar-refractivity contribution in [2.45, 2.75) is 25.2 Å². The molecule has 1 amide bonds. The summed E-state index contributed by atoms with van der Waals surface area (Å²) in [5, 5.41) is 2.68. The number of nitrogens with one attached hydrogen (secondary N) is 2. The highest BCUT2D eigenvalue weighted by Gasteiger charge is 2.24. The van der Waals surface area contributed by atoms with E-state index >= 15 is 0 Å². The summed E-state index contributed by atoms with van der Waals surface area (Å²) < 4.78 is 9.85. The monoisotopic (exact) mass is 390 g/mol. The molecular formula is C19H22N2O5S. The summed E-state index contributed by atoms with van der Waals surface area (Å²) in [6, 6.07) is 7.34. The molecule has 7 nitrogen and oxygen atoms in total. The second kappa shape index (κ2) is 9.27. The summed E-state index contributed by atoms with van der Waals surface area (Å²) >= 11 is 1.56. The molecule has 0 aliphatic heterocycles. The number of carbonyl (C=O) groups excluding carboxylic acids is 3. The van der Waals surface area contributed by atoms with Gasteiger partial charge in [0, 0.05) is 16.3 Å². The number of esters is 2. The van der Waals surface area contributed by atoms with Crippen LogP contribution in [0.15, 0.2) is 29.2 Å². The van der Waals surface area contributed by atoms with Gasteiger partial charge in [-0.25, -0.2) is 9.59 Å². The normalized spacial score (nSPS) is 10.4. The summed E-state index contributed by atoms with van der Waals surface area (Å²) in [7, 11) is 1.28. The van der Waals surface area contributed by atoms with Gasteiger partial charge in [0.1, 0.15) is 5.69 Å². The number of ether oxygens (including phenoxy) is 2. The first-order chi connectivity index (χ1) is 12.9. The molecule has 1 aromatic heterocycles. The van der Waals surface area contributed by atoms with Crippen molar-refractivity contribution >= 4 is 35.3 Å². The van der Waals surface area contributed by atoms with Gasteiger partial charge in [-0.1, -0.05) is 13.0 Å². The molecule has 0 atom stereocenters. The molecule has 0 fully saturated rings. The number of hydrogen-bond donors (Lipinski definition) is 2. The molecule has 8 heteroatoms. The van der Waals surface area contributed by atoms with Crippen molar-refractivity contribution in [1.82, 2.24) is 4.98 Å². The number of methoxy groups -OCH3 is 1. The molecule has 0 radical (unpaired) electrons. The van der Waals surface area contributed by atoms with Crippen molar-refractivity contribution in [1.29, 1.82) is 0 Å². The van der Waals surface area contributed by atoms with Crippen LogP contribution >= 0.6 is 11.8 Å². The first-order valence-corrected chi connectivity index (χ1v) is 9.54. The summed E-state index contributed by atoms with van der Waals surface area (Å²) in [6.45, 7) is 3.05. The number of aryl methyl sites for hydroxylation is 1. The van der Waals surface area contributed by atoms with Crippen molar-refractivity contribution in [2.75, 3.05) is 25.3 Å². The molecule has 2 N–H and O–H groups in total. The Morgan fingerprint density at radius 3 is 2.59 bits per heavy atom. The number of aromatic amines is 1. The Kier molecular flexibility index (Phi) is 7.06. The van der Waals surface area contributed by atoms with Gasteiger partial charge in [-0.15, -0.1) is 11.8 Å². The van der Waals surface area contributed by atoms with E-state index < -0.39 is 24.5 Å². The number of benzene rings is 1. The van der Waals surface area contributed by atoms with Crippen LogP contribution in [0.1, 0.15) is 39.0 Å². The van der Waals surface area contributed by atoms with Gasteiger partial charge in [-0.2, -0.15) is 0 Å². The number of carbonyl (C=O) groups is 3. The Labute approximate surface area is 161 Å². The number of rotatable bonds is 7. The number of aromatic nitrogens is 1. The summed E-state index contributed by atoms with van der Waals surface area (Å²) in [6.07, 6.45) is 2.46. The van der Waals surface area contributed by atoms with Crippen LogP contribution in [-0.4, -0.2) is 42.8 Å². The lowest BCUT2D eigenvalue weighted by Gasteiger charge is -2.07. The Bertz CT molecular complexity index is 860. The van der Waals surface area contributed by atoms with Crippen LogP contribution in [0, 0.1) is 6.92 Å². The molecule has 144 valence electrons. The molecule has 2 aromatic rings. The number of hydrogen-bond acceptors (Lipinski definition) is 6. The Hall–Kier alpha value is -2.74. The average molecular weight is 390 g/mol. The molecule has 0 aliphatic carbocycles. The summed E-state index contributed by atoms with van der Waals surface area (Å²) in [4.78, 5) is 40.2. The Balaban J connectivity index is 2.04. The van der Waals surface area contributed by atoms with Crippen LogP contribution in [0.5, 0.6) is 0 Å². The van der Waals surface area contributed by atoms with Crippen molar-refractivity contribution in [3.8, 4) is 0 Å². The largest absolute Gasteiger partial charge is 0.465 e. The topological polar surface area (TPSA) is 97.5 Å². The van der Waals surface area contributed by atoms with Crippen molar-refractivity contribution in [3.63, 3.8) is 0 Å². The third-order valence-corrected chi connectivity index (χ3v) is 4.69. The third-order valence-electron chi connectivity index (χ3n) is 3.96. The fourth-order valence-corrected chi connectivity index (χ4v) is 3.07. The second-order valence-corrected chi connectivity index (χ2v) is 6.56. The minimum atomic E-state index is -0.703. The van der Waals surface area contributed by atoms with Crippen molar-refractivity contribution in [3.05, 3.63) is 46.8 Å². The molecular weight excluding hydrogens is 368 g/mol. The molecule has 0 saturated heterocycles. The highest BCUT2D eigenvalue weighted by Crippen LogP contribution is 2.21. The van der Waals surface area contributed by atoms with E-state index in [1.165, 1.54) is 7.11 Å². The van der Waals surface area contributed by atoms with Crippen LogP contribution < -0.4 is 5.32 Å². The molecule has 2 rings (SSSR count). The van der Waals surface area contributed by atoms with E-state index in [0.29, 0.717) is 28.9 Å². The first-order valence-electron chi connectivity index (χ1n) is 8.32. The van der Waals surface area contributed by atoms with Gasteiger partial charge in [-0.3, -0.25) is 4.79 Å². The summed E-state index contributed by atoms with van der Waals surface area (Å²) in [5.74, 6) is -1.67. The second-order valence-electron chi connectivity index (χ2n) is 5.68. The minimum absolute atomic E-state index is 0.143. The van der Waals surface area contributed by atoms with Crippen molar-refractivity contribution in [2.24, 2.45) is 0 Å². The number of thioether (sulfide) groups is 1. The van der Waals surface area contributed by atoms with E-state index in [4.69, 9.17) is 9.47 Å². The minimum Gasteiger partial charge on any atom is -0.465 e. The number of anilines is 1. The van der Waals surface area contributed by atoms with Gasteiger partial charge >= 0.3 is 11.9 Å². The fourth-order valence-electron chi connectivity index (χ4n) is 2.61. The smallest absolute Gasteiger partial charge is 0.355 e. The maximum Gasteiger partial charge on any atom is 0.355 e. The highest BCUT2D eigenvalue weighted by molar-refractivity contribution is 7.98. The Morgan fingerprint density at radius 1 is 1.22 bits per heavy atom. The van der Waals surface area contributed by atoms with E-state index in [1.54, 1.807) is 24.8 Å². The lowest BCUT2D eigenvalue weighted by molar-refractivity contribution is -0.119. The number of H-pyrrole nitrogens is 1. The van der Waals surface area contributed by atoms with E-state index in [-0.39, 0.29) is 5.69 Å². The molecule has 0 bridgehead atoms. The van der Waals surface area contributed by atoms with E-state index in [0.717, 1.165) is 4.90 Å². The maximum absolute atomic E-state index is 12.3. The first kappa shape index (κ1) is 20.6. The molecule has 1 aromatic carbocycles. The Morgan fingerprint density at radius 2 is 1.96 bits per heavy atom. The zero-order valence-electron chi connectivity index (χ0n) is 15.7. The number of amides is 1. The average Bonchev–Trinajstić information content (AvgIpc) is 3.02. The van der Waals surface area contributed by atoms with Crippen LogP contribution in [0.3, 0.4) is 0 Å². The van der Waals surface area contributed by atoms with Crippen molar-refractivity contribution < 1.29 is 23.9 Å². The van der Waals surface area contributed by atoms with Crippen LogP contribution in [0.4, 0.5) is 5.69 Å². The standard InChI is InChI=1S/C19H22N2O5S/c1-5-14-16(18(23)25-3)11(2)17(21-14)19(24)26-10-15(22)20-12-7-6-8-13(9-12)27-4/h6-9,21H,5,10H2,1-4H3,(H,20,22). The highest BCUT2D eigenvalue weighted by atomic mass is 32.2.